The number of nitrogens with zero attached hydrogens (tertiary/aromatic N) is 3. The van der Waals surface area contributed by atoms with Crippen LogP contribution in [0.15, 0.2) is 64.0 Å². The molecular weight excluding hydrogens is 374 g/mol. The fourth-order valence-corrected chi connectivity index (χ4v) is 5.41. The van der Waals surface area contributed by atoms with Crippen LogP contribution < -0.4 is 0 Å². The summed E-state index contributed by atoms with van der Waals surface area (Å²) in [4.78, 5) is 4.93. The molecule has 2 aromatic carbocycles. The van der Waals surface area contributed by atoms with Gasteiger partial charge in [-0.05, 0) is 55.5 Å². The standard InChI is InChI=1S/C21H21N3O3S/c25-28(26,24-14-4-5-15-24)18-10-8-16(9-11-18)19-22-20(27-23-19)21(12-13-21)17-6-2-1-3-7-17/h1-3,6-11H,4-5,12-15H2. The molecular formula is C21H21N3O3S. The van der Waals surface area contributed by atoms with Crippen LogP contribution in [0.1, 0.15) is 37.1 Å². The zero-order chi connectivity index (χ0) is 19.2. The van der Waals surface area contributed by atoms with E-state index in [1.54, 1.807) is 28.6 Å². The second-order valence-electron chi connectivity index (χ2n) is 7.51. The van der Waals surface area contributed by atoms with Crippen molar-refractivity contribution in [3.8, 4) is 11.4 Å². The smallest absolute Gasteiger partial charge is 0.243 e. The second-order valence-corrected chi connectivity index (χ2v) is 9.44. The van der Waals surface area contributed by atoms with E-state index in [1.165, 1.54) is 5.56 Å². The summed E-state index contributed by atoms with van der Waals surface area (Å²) >= 11 is 0. The minimum Gasteiger partial charge on any atom is -0.338 e. The first-order valence-corrected chi connectivity index (χ1v) is 11.0. The van der Waals surface area contributed by atoms with Crippen LogP contribution in [0.3, 0.4) is 0 Å². The molecule has 1 aromatic heterocycles. The molecule has 0 atom stereocenters. The zero-order valence-corrected chi connectivity index (χ0v) is 16.2. The van der Waals surface area contributed by atoms with Crippen LogP contribution >= 0.6 is 0 Å². The number of hydrogen-bond acceptors (Lipinski definition) is 5. The Morgan fingerprint density at radius 1 is 0.929 bits per heavy atom. The monoisotopic (exact) mass is 395 g/mol. The van der Waals surface area contributed by atoms with E-state index in [-0.39, 0.29) is 5.41 Å². The predicted octanol–water partition coefficient (Wildman–Crippen LogP) is 3.60. The SMILES string of the molecule is O=S(=O)(c1ccc(-c2noc(C3(c4ccccc4)CC3)n2)cc1)N1CCCC1. The number of sulfonamides is 1. The minimum atomic E-state index is -3.41. The van der Waals surface area contributed by atoms with Crippen molar-refractivity contribution >= 4 is 10.0 Å². The van der Waals surface area contributed by atoms with E-state index in [4.69, 9.17) is 4.52 Å². The van der Waals surface area contributed by atoms with E-state index in [2.05, 4.69) is 22.3 Å². The Morgan fingerprint density at radius 2 is 1.61 bits per heavy atom. The van der Waals surface area contributed by atoms with E-state index in [9.17, 15) is 8.42 Å². The summed E-state index contributed by atoms with van der Waals surface area (Å²) in [6.45, 7) is 1.19. The Bertz CT molecular complexity index is 1080. The van der Waals surface area contributed by atoms with Gasteiger partial charge in [-0.25, -0.2) is 8.42 Å². The molecule has 1 aliphatic carbocycles. The largest absolute Gasteiger partial charge is 0.338 e. The highest BCUT2D eigenvalue weighted by atomic mass is 32.2. The van der Waals surface area contributed by atoms with Crippen LogP contribution in [0.5, 0.6) is 0 Å². The molecule has 7 heteroatoms. The van der Waals surface area contributed by atoms with E-state index < -0.39 is 10.0 Å². The molecule has 3 aromatic rings. The van der Waals surface area contributed by atoms with Crippen molar-refractivity contribution in [1.29, 1.82) is 0 Å². The van der Waals surface area contributed by atoms with Crippen molar-refractivity contribution in [2.75, 3.05) is 13.1 Å². The van der Waals surface area contributed by atoms with Gasteiger partial charge in [-0.1, -0.05) is 35.5 Å². The third-order valence-corrected chi connectivity index (χ3v) is 7.64. The fraction of sp³-hybridized carbons (Fsp3) is 0.333. The maximum atomic E-state index is 12.7. The highest BCUT2D eigenvalue weighted by molar-refractivity contribution is 7.89. The molecule has 1 saturated carbocycles. The van der Waals surface area contributed by atoms with Crippen molar-refractivity contribution in [1.82, 2.24) is 14.4 Å². The van der Waals surface area contributed by atoms with Crippen LogP contribution in [0, 0.1) is 0 Å². The van der Waals surface area contributed by atoms with Gasteiger partial charge in [-0.15, -0.1) is 0 Å². The summed E-state index contributed by atoms with van der Waals surface area (Å²) in [5.41, 5.74) is 1.77. The summed E-state index contributed by atoms with van der Waals surface area (Å²) in [7, 11) is -3.41. The molecule has 1 saturated heterocycles. The third kappa shape index (κ3) is 2.86. The van der Waals surface area contributed by atoms with Gasteiger partial charge in [0.25, 0.3) is 0 Å². The Morgan fingerprint density at radius 3 is 2.25 bits per heavy atom. The van der Waals surface area contributed by atoms with Gasteiger partial charge in [0.1, 0.15) is 0 Å². The second kappa shape index (κ2) is 6.53. The molecule has 0 amide bonds. The third-order valence-electron chi connectivity index (χ3n) is 5.73. The minimum absolute atomic E-state index is 0.175. The quantitative estimate of drug-likeness (QED) is 0.660. The maximum Gasteiger partial charge on any atom is 0.243 e. The summed E-state index contributed by atoms with van der Waals surface area (Å²) in [5, 5.41) is 4.14. The summed E-state index contributed by atoms with van der Waals surface area (Å²) in [5.74, 6) is 1.12. The van der Waals surface area contributed by atoms with Gasteiger partial charge in [-0.2, -0.15) is 9.29 Å². The van der Waals surface area contributed by atoms with Gasteiger partial charge in [0.05, 0.1) is 10.3 Å². The van der Waals surface area contributed by atoms with E-state index in [1.807, 2.05) is 18.2 Å². The number of benzene rings is 2. The van der Waals surface area contributed by atoms with Gasteiger partial charge in [-0.3, -0.25) is 0 Å². The Labute approximate surface area is 164 Å². The molecule has 0 N–H and O–H groups in total. The van der Waals surface area contributed by atoms with Crippen LogP contribution in [0.2, 0.25) is 0 Å². The first-order valence-electron chi connectivity index (χ1n) is 9.60. The summed E-state index contributed by atoms with van der Waals surface area (Å²) in [6, 6.07) is 17.0. The van der Waals surface area contributed by atoms with Crippen molar-refractivity contribution in [3.63, 3.8) is 0 Å². The van der Waals surface area contributed by atoms with E-state index >= 15 is 0 Å². The highest BCUT2D eigenvalue weighted by Crippen LogP contribution is 2.52. The molecule has 1 aliphatic heterocycles. The number of aromatic nitrogens is 2. The van der Waals surface area contributed by atoms with Crippen LogP contribution in [-0.4, -0.2) is 36.0 Å². The molecule has 0 radical (unpaired) electrons. The lowest BCUT2D eigenvalue weighted by atomic mass is 9.96. The van der Waals surface area contributed by atoms with Gasteiger partial charge in [0.15, 0.2) is 0 Å². The van der Waals surface area contributed by atoms with E-state index in [0.717, 1.165) is 31.2 Å². The van der Waals surface area contributed by atoms with Crippen LogP contribution in [0.25, 0.3) is 11.4 Å². The molecule has 28 heavy (non-hydrogen) atoms. The van der Waals surface area contributed by atoms with Crippen molar-refractivity contribution < 1.29 is 12.9 Å². The van der Waals surface area contributed by atoms with Crippen molar-refractivity contribution in [2.24, 2.45) is 0 Å². The lowest BCUT2D eigenvalue weighted by molar-refractivity contribution is 0.360. The topological polar surface area (TPSA) is 76.3 Å². The first-order chi connectivity index (χ1) is 13.6. The molecule has 2 fully saturated rings. The Balaban J connectivity index is 1.41. The molecule has 144 valence electrons. The molecule has 0 spiro atoms. The molecule has 2 aliphatic rings. The normalized spacial score (nSPS) is 19.0. The molecule has 5 rings (SSSR count). The molecule has 0 unspecified atom stereocenters. The maximum absolute atomic E-state index is 12.7. The van der Waals surface area contributed by atoms with Crippen molar-refractivity contribution in [3.05, 3.63) is 66.1 Å². The first kappa shape index (κ1) is 17.6. The van der Waals surface area contributed by atoms with Gasteiger partial charge < -0.3 is 4.52 Å². The molecule has 0 bridgehead atoms. The van der Waals surface area contributed by atoms with E-state index in [0.29, 0.717) is 29.7 Å². The van der Waals surface area contributed by atoms with Crippen LogP contribution in [0.4, 0.5) is 0 Å². The average Bonchev–Trinajstić information content (AvgIpc) is 3.13. The number of rotatable bonds is 5. The van der Waals surface area contributed by atoms with Crippen LogP contribution in [-0.2, 0) is 15.4 Å². The Hall–Kier alpha value is -2.51. The average molecular weight is 395 g/mol. The molecule has 6 nitrogen and oxygen atoms in total. The highest BCUT2D eigenvalue weighted by Gasteiger charge is 2.50. The molecule has 2 heterocycles. The predicted molar refractivity (Wildman–Crippen MR) is 104 cm³/mol. The number of hydrogen-bond donors (Lipinski definition) is 0. The Kier molecular flexibility index (Phi) is 4.10. The lowest BCUT2D eigenvalue weighted by Crippen LogP contribution is -2.27. The summed E-state index contributed by atoms with van der Waals surface area (Å²) in [6.07, 6.45) is 3.83. The van der Waals surface area contributed by atoms with Gasteiger partial charge >= 0.3 is 0 Å². The van der Waals surface area contributed by atoms with Gasteiger partial charge in [0, 0.05) is 18.7 Å². The summed E-state index contributed by atoms with van der Waals surface area (Å²) < 4.78 is 32.5. The zero-order valence-electron chi connectivity index (χ0n) is 15.4. The fourth-order valence-electron chi connectivity index (χ4n) is 3.90. The lowest BCUT2D eigenvalue weighted by Gasteiger charge is -2.15. The van der Waals surface area contributed by atoms with Gasteiger partial charge in [0.2, 0.25) is 21.7 Å². The van der Waals surface area contributed by atoms with Crippen molar-refractivity contribution in [2.45, 2.75) is 36.0 Å².